The zero-order valence-corrected chi connectivity index (χ0v) is 20.9. The fourth-order valence-electron chi connectivity index (χ4n) is 3.81. The Morgan fingerprint density at radius 2 is 1.91 bits per heavy atom. The minimum atomic E-state index is -4.45. The van der Waals surface area contributed by atoms with Crippen molar-refractivity contribution in [2.24, 2.45) is 10.5 Å². The Kier molecular flexibility index (Phi) is 8.29. The molecule has 0 bridgehead atoms. The van der Waals surface area contributed by atoms with Crippen molar-refractivity contribution < 1.29 is 18.0 Å². The summed E-state index contributed by atoms with van der Waals surface area (Å²) in [6.45, 7) is 2.46. The lowest BCUT2D eigenvalue weighted by Gasteiger charge is -2.26. The summed E-state index contributed by atoms with van der Waals surface area (Å²) in [6, 6.07) is 10.4. The monoisotopic (exact) mass is 515 g/mol. The average Bonchev–Trinajstić information content (AvgIpc) is 3.11. The van der Waals surface area contributed by atoms with Crippen LogP contribution >= 0.6 is 35.1 Å². The molecule has 0 spiro atoms. The van der Waals surface area contributed by atoms with Gasteiger partial charge in [-0.1, -0.05) is 30.7 Å². The fourth-order valence-corrected chi connectivity index (χ4v) is 5.02. The van der Waals surface area contributed by atoms with Gasteiger partial charge in [0.15, 0.2) is 0 Å². The summed E-state index contributed by atoms with van der Waals surface area (Å²) >= 11 is 8.78. The normalized spacial score (nSPS) is 18.4. The van der Waals surface area contributed by atoms with Gasteiger partial charge in [-0.25, -0.2) is 9.80 Å². The number of nitrogens with zero attached hydrogens (tertiary/aromatic N) is 2. The first-order valence-corrected chi connectivity index (χ1v) is 13.2. The highest BCUT2D eigenvalue weighted by Crippen LogP contribution is 2.38. The van der Waals surface area contributed by atoms with Gasteiger partial charge < -0.3 is 5.32 Å². The van der Waals surface area contributed by atoms with Crippen LogP contribution in [-0.2, 0) is 6.18 Å². The standard InChI is InChI=1S/C23H25ClF3N3OS2/c1-22(11-4-12-32-2)14-30(29-20(22)15-5-7-16(24)8-6-15)21(31)28-17-9-10-18(23(25,26)27)19(13-17)33-3/h5-10,13H,4,11-12,14H2,1-3H3,(H,28,31). The van der Waals surface area contributed by atoms with Gasteiger partial charge in [-0.05, 0) is 67.0 Å². The third-order valence-electron chi connectivity index (χ3n) is 5.48. The highest BCUT2D eigenvalue weighted by molar-refractivity contribution is 7.98. The summed E-state index contributed by atoms with van der Waals surface area (Å²) in [5.41, 5.74) is 0.897. The summed E-state index contributed by atoms with van der Waals surface area (Å²) < 4.78 is 39.5. The molecular formula is C23H25ClF3N3OS2. The van der Waals surface area contributed by atoms with E-state index in [2.05, 4.69) is 23.6 Å². The van der Waals surface area contributed by atoms with E-state index in [-0.39, 0.29) is 16.0 Å². The number of benzene rings is 2. The van der Waals surface area contributed by atoms with Gasteiger partial charge in [-0.3, -0.25) is 0 Å². The first-order valence-electron chi connectivity index (χ1n) is 10.2. The Labute approximate surface area is 205 Å². The summed E-state index contributed by atoms with van der Waals surface area (Å²) in [6.07, 6.45) is 0.981. The van der Waals surface area contributed by atoms with Crippen molar-refractivity contribution >= 4 is 52.6 Å². The second-order valence-electron chi connectivity index (χ2n) is 8.01. The van der Waals surface area contributed by atoms with Crippen LogP contribution in [0.15, 0.2) is 52.5 Å². The number of urea groups is 1. The molecule has 0 saturated heterocycles. The quantitative estimate of drug-likeness (QED) is 0.307. The fraction of sp³-hybridized carbons (Fsp3) is 0.391. The van der Waals surface area contributed by atoms with E-state index < -0.39 is 17.8 Å². The number of carbonyl (C=O) groups is 1. The minimum absolute atomic E-state index is 0.0500. The molecule has 1 aliphatic rings. The Balaban J connectivity index is 1.84. The van der Waals surface area contributed by atoms with E-state index in [1.807, 2.05) is 12.1 Å². The second-order valence-corrected chi connectivity index (χ2v) is 10.3. The molecule has 3 rings (SSSR count). The number of halogens is 4. The van der Waals surface area contributed by atoms with E-state index in [1.165, 1.54) is 17.1 Å². The number of alkyl halides is 3. The van der Waals surface area contributed by atoms with Gasteiger partial charge in [0.1, 0.15) is 0 Å². The predicted octanol–water partition coefficient (Wildman–Crippen LogP) is 7.48. The molecule has 1 aliphatic heterocycles. The van der Waals surface area contributed by atoms with Crippen LogP contribution < -0.4 is 5.32 Å². The molecule has 0 aliphatic carbocycles. The maximum Gasteiger partial charge on any atom is 0.417 e. The molecule has 0 radical (unpaired) electrons. The van der Waals surface area contributed by atoms with Crippen molar-refractivity contribution in [2.75, 3.05) is 30.1 Å². The zero-order chi connectivity index (χ0) is 24.2. The largest absolute Gasteiger partial charge is 0.417 e. The average molecular weight is 516 g/mol. The highest BCUT2D eigenvalue weighted by atomic mass is 35.5. The Morgan fingerprint density at radius 3 is 2.52 bits per heavy atom. The lowest BCUT2D eigenvalue weighted by molar-refractivity contribution is -0.139. The number of hydrazone groups is 1. The summed E-state index contributed by atoms with van der Waals surface area (Å²) in [5.74, 6) is 0.999. The molecule has 4 nitrogen and oxygen atoms in total. The number of hydrogen-bond donors (Lipinski definition) is 1. The maximum absolute atomic E-state index is 13.2. The number of thioether (sulfide) groups is 2. The molecule has 2 aromatic rings. The van der Waals surface area contributed by atoms with Gasteiger partial charge in [0.05, 0.1) is 17.8 Å². The molecule has 1 heterocycles. The molecule has 2 aromatic carbocycles. The molecule has 0 aromatic heterocycles. The second kappa shape index (κ2) is 10.6. The van der Waals surface area contributed by atoms with Crippen LogP contribution in [0.5, 0.6) is 0 Å². The van der Waals surface area contributed by atoms with Crippen LogP contribution in [0.3, 0.4) is 0 Å². The molecular weight excluding hydrogens is 491 g/mol. The third-order valence-corrected chi connectivity index (χ3v) is 7.20. The molecule has 0 saturated carbocycles. The number of amides is 2. The van der Waals surface area contributed by atoms with Crippen LogP contribution in [-0.4, -0.2) is 41.6 Å². The highest BCUT2D eigenvalue weighted by Gasteiger charge is 2.41. The number of anilines is 1. The molecule has 0 fully saturated rings. The molecule has 2 amide bonds. The number of carbonyl (C=O) groups excluding carboxylic acids is 1. The number of rotatable bonds is 7. The summed E-state index contributed by atoms with van der Waals surface area (Å²) in [5, 5.41) is 9.29. The van der Waals surface area contributed by atoms with Gasteiger partial charge in [0.2, 0.25) is 0 Å². The van der Waals surface area contributed by atoms with Crippen LogP contribution in [0.25, 0.3) is 0 Å². The zero-order valence-electron chi connectivity index (χ0n) is 18.5. The van der Waals surface area contributed by atoms with Crippen LogP contribution in [0.4, 0.5) is 23.7 Å². The van der Waals surface area contributed by atoms with E-state index in [0.717, 1.165) is 47.7 Å². The van der Waals surface area contributed by atoms with Gasteiger partial charge in [-0.15, -0.1) is 11.8 Å². The van der Waals surface area contributed by atoms with Crippen molar-refractivity contribution in [1.82, 2.24) is 5.01 Å². The summed E-state index contributed by atoms with van der Waals surface area (Å²) in [7, 11) is 0. The van der Waals surface area contributed by atoms with Gasteiger partial charge in [0.25, 0.3) is 0 Å². The van der Waals surface area contributed by atoms with Crippen molar-refractivity contribution in [1.29, 1.82) is 0 Å². The smallest absolute Gasteiger partial charge is 0.306 e. The maximum atomic E-state index is 13.2. The number of nitrogens with one attached hydrogen (secondary N) is 1. The lowest BCUT2D eigenvalue weighted by Crippen LogP contribution is -2.35. The van der Waals surface area contributed by atoms with Crippen LogP contribution in [0, 0.1) is 5.41 Å². The third kappa shape index (κ3) is 6.19. The van der Waals surface area contributed by atoms with E-state index >= 15 is 0 Å². The van der Waals surface area contributed by atoms with Crippen molar-refractivity contribution in [3.8, 4) is 0 Å². The SMILES string of the molecule is CSCCCC1(C)CN(C(=O)Nc2ccc(C(F)(F)F)c(SC)c2)N=C1c1ccc(Cl)cc1. The Bertz CT molecular complexity index is 1030. The van der Waals surface area contributed by atoms with Crippen molar-refractivity contribution in [3.05, 3.63) is 58.6 Å². The first-order chi connectivity index (χ1) is 15.6. The van der Waals surface area contributed by atoms with Gasteiger partial charge in [-0.2, -0.15) is 30.0 Å². The van der Waals surface area contributed by atoms with E-state index in [9.17, 15) is 18.0 Å². The van der Waals surface area contributed by atoms with Crippen molar-refractivity contribution in [3.63, 3.8) is 0 Å². The van der Waals surface area contributed by atoms with Crippen LogP contribution in [0.2, 0.25) is 5.02 Å². The first kappa shape index (κ1) is 25.8. The molecule has 10 heteroatoms. The molecule has 1 N–H and O–H groups in total. The van der Waals surface area contributed by atoms with Crippen molar-refractivity contribution in [2.45, 2.75) is 30.8 Å². The Morgan fingerprint density at radius 1 is 1.21 bits per heavy atom. The lowest BCUT2D eigenvalue weighted by atomic mass is 9.78. The van der Waals surface area contributed by atoms with E-state index in [1.54, 1.807) is 30.2 Å². The predicted molar refractivity (Wildman–Crippen MR) is 133 cm³/mol. The Hall–Kier alpha value is -1.84. The molecule has 33 heavy (non-hydrogen) atoms. The van der Waals surface area contributed by atoms with Gasteiger partial charge in [0, 0.05) is 21.0 Å². The van der Waals surface area contributed by atoms with Crippen LogP contribution in [0.1, 0.15) is 30.9 Å². The van der Waals surface area contributed by atoms with Gasteiger partial charge >= 0.3 is 12.2 Å². The molecule has 178 valence electrons. The number of hydrogen-bond acceptors (Lipinski definition) is 4. The molecule has 1 atom stereocenters. The minimum Gasteiger partial charge on any atom is -0.306 e. The topological polar surface area (TPSA) is 44.7 Å². The molecule has 1 unspecified atom stereocenters. The van der Waals surface area contributed by atoms with E-state index in [4.69, 9.17) is 11.6 Å². The summed E-state index contributed by atoms with van der Waals surface area (Å²) in [4.78, 5) is 13.0. The van der Waals surface area contributed by atoms with E-state index in [0.29, 0.717) is 11.6 Å².